The Labute approximate surface area is 102 Å². The lowest BCUT2D eigenvalue weighted by Crippen LogP contribution is -2.12. The smallest absolute Gasteiger partial charge is 0.306 e. The summed E-state index contributed by atoms with van der Waals surface area (Å²) in [5.41, 5.74) is 2.87. The van der Waals surface area contributed by atoms with Gasteiger partial charge in [-0.25, -0.2) is 4.79 Å². The van der Waals surface area contributed by atoms with Gasteiger partial charge in [-0.3, -0.25) is 0 Å². The molecule has 4 heteroatoms. The van der Waals surface area contributed by atoms with Gasteiger partial charge in [-0.2, -0.15) is 0 Å². The lowest BCUT2D eigenvalue weighted by molar-refractivity contribution is 0.407. The predicted octanol–water partition coefficient (Wildman–Crippen LogP) is 3.34. The van der Waals surface area contributed by atoms with Crippen LogP contribution in [0.25, 0.3) is 11.0 Å². The Morgan fingerprint density at radius 2 is 1.81 bits per heavy atom. The summed E-state index contributed by atoms with van der Waals surface area (Å²) < 4.78 is 0. The molecule has 1 aromatic carbocycles. The molecule has 1 aromatic heterocycles. The number of fused-ring (bicyclic) bond motifs is 1. The number of rotatable bonds is 1. The summed E-state index contributed by atoms with van der Waals surface area (Å²) in [7, 11) is 0. The van der Waals surface area contributed by atoms with E-state index in [2.05, 4.69) is 46.7 Å². The maximum atomic E-state index is 11.1. The van der Waals surface area contributed by atoms with Gasteiger partial charge in [0.1, 0.15) is 0 Å². The first kappa shape index (κ1) is 11.5. The van der Waals surface area contributed by atoms with Gasteiger partial charge in [0, 0.05) is 4.83 Å². The van der Waals surface area contributed by atoms with Crippen LogP contribution in [0.3, 0.4) is 0 Å². The lowest BCUT2D eigenvalue weighted by Gasteiger charge is -2.25. The van der Waals surface area contributed by atoms with Gasteiger partial charge < -0.3 is 9.97 Å². The minimum absolute atomic E-state index is 0.143. The largest absolute Gasteiger partial charge is 0.323 e. The van der Waals surface area contributed by atoms with E-state index in [-0.39, 0.29) is 15.9 Å². The average molecular weight is 283 g/mol. The van der Waals surface area contributed by atoms with Crippen LogP contribution in [0.5, 0.6) is 0 Å². The molecule has 16 heavy (non-hydrogen) atoms. The molecule has 1 heterocycles. The molecule has 1 atom stereocenters. The summed E-state index contributed by atoms with van der Waals surface area (Å²) in [6, 6.07) is 5.98. The Balaban J connectivity index is 2.50. The van der Waals surface area contributed by atoms with Crippen LogP contribution < -0.4 is 5.69 Å². The monoisotopic (exact) mass is 282 g/mol. The molecule has 3 nitrogen and oxygen atoms in total. The molecule has 0 aliphatic heterocycles. The molecule has 0 aliphatic carbocycles. The molecule has 2 N–H and O–H groups in total. The number of hydrogen-bond donors (Lipinski definition) is 2. The van der Waals surface area contributed by atoms with Crippen LogP contribution in [0.15, 0.2) is 23.0 Å². The van der Waals surface area contributed by atoms with Gasteiger partial charge in [-0.05, 0) is 23.1 Å². The highest BCUT2D eigenvalue weighted by Crippen LogP contribution is 2.40. The fourth-order valence-corrected chi connectivity index (χ4v) is 1.99. The normalized spacial score (nSPS) is 14.2. The summed E-state index contributed by atoms with van der Waals surface area (Å²) in [6.45, 7) is 6.53. The summed E-state index contributed by atoms with van der Waals surface area (Å²) in [5.74, 6) is 0. The van der Waals surface area contributed by atoms with Crippen LogP contribution in [0.2, 0.25) is 0 Å². The van der Waals surface area contributed by atoms with E-state index >= 15 is 0 Å². The standard InChI is InChI=1S/C12H15BrN2O/c1-12(2,3)10(13)7-4-5-8-9(6-7)15-11(16)14-8/h4-6,10H,1-3H3,(H2,14,15,16). The van der Waals surface area contributed by atoms with Crippen molar-refractivity contribution in [2.45, 2.75) is 25.6 Å². The van der Waals surface area contributed by atoms with E-state index in [1.807, 2.05) is 18.2 Å². The summed E-state index contributed by atoms with van der Waals surface area (Å²) in [5, 5.41) is 0. The van der Waals surface area contributed by atoms with E-state index in [0.29, 0.717) is 0 Å². The Kier molecular flexibility index (Phi) is 2.70. The zero-order chi connectivity index (χ0) is 11.9. The number of aromatic amines is 2. The molecule has 0 aliphatic rings. The van der Waals surface area contributed by atoms with Gasteiger partial charge in [0.2, 0.25) is 0 Å². The highest BCUT2D eigenvalue weighted by atomic mass is 79.9. The van der Waals surface area contributed by atoms with Crippen LogP contribution in [0, 0.1) is 5.41 Å². The maximum Gasteiger partial charge on any atom is 0.323 e. The quantitative estimate of drug-likeness (QED) is 0.775. The molecule has 0 saturated heterocycles. The molecule has 1 unspecified atom stereocenters. The van der Waals surface area contributed by atoms with Crippen LogP contribution >= 0.6 is 15.9 Å². The molecule has 2 aromatic rings. The van der Waals surface area contributed by atoms with E-state index in [4.69, 9.17) is 0 Å². The van der Waals surface area contributed by atoms with Crippen molar-refractivity contribution in [1.82, 2.24) is 9.97 Å². The Morgan fingerprint density at radius 3 is 2.44 bits per heavy atom. The maximum absolute atomic E-state index is 11.1. The highest BCUT2D eigenvalue weighted by Gasteiger charge is 2.23. The zero-order valence-corrected chi connectivity index (χ0v) is 11.2. The summed E-state index contributed by atoms with van der Waals surface area (Å²) in [4.78, 5) is 16.9. The number of halogens is 1. The number of nitrogens with one attached hydrogen (secondary N) is 2. The summed E-state index contributed by atoms with van der Waals surface area (Å²) in [6.07, 6.45) is 0. The molecule has 0 amide bonds. The molecular formula is C12H15BrN2O. The number of aromatic nitrogens is 2. The van der Waals surface area contributed by atoms with Gasteiger partial charge in [0.25, 0.3) is 0 Å². The third-order valence-electron chi connectivity index (χ3n) is 2.59. The van der Waals surface area contributed by atoms with Crippen molar-refractivity contribution in [2.75, 3.05) is 0 Å². The fourth-order valence-electron chi connectivity index (χ4n) is 1.71. The molecule has 2 rings (SSSR count). The highest BCUT2D eigenvalue weighted by molar-refractivity contribution is 9.09. The predicted molar refractivity (Wildman–Crippen MR) is 70.0 cm³/mol. The van der Waals surface area contributed by atoms with Gasteiger partial charge in [-0.1, -0.05) is 42.8 Å². The first-order valence-corrected chi connectivity index (χ1v) is 6.15. The van der Waals surface area contributed by atoms with Gasteiger partial charge in [0.15, 0.2) is 0 Å². The second-order valence-electron chi connectivity index (χ2n) is 5.11. The van der Waals surface area contributed by atoms with E-state index in [9.17, 15) is 4.79 Å². The average Bonchev–Trinajstić information content (AvgIpc) is 2.54. The molecular weight excluding hydrogens is 268 g/mol. The van der Waals surface area contributed by atoms with E-state index < -0.39 is 0 Å². The number of imidazole rings is 1. The van der Waals surface area contributed by atoms with E-state index in [1.165, 1.54) is 5.56 Å². The molecule has 86 valence electrons. The number of hydrogen-bond acceptors (Lipinski definition) is 1. The molecule has 0 fully saturated rings. The van der Waals surface area contributed by atoms with Crippen LogP contribution in [-0.4, -0.2) is 9.97 Å². The van der Waals surface area contributed by atoms with Crippen molar-refractivity contribution in [2.24, 2.45) is 5.41 Å². The topological polar surface area (TPSA) is 48.6 Å². The van der Waals surface area contributed by atoms with Crippen LogP contribution in [0.4, 0.5) is 0 Å². The van der Waals surface area contributed by atoms with Crippen LogP contribution in [-0.2, 0) is 0 Å². The molecule has 0 saturated carbocycles. The molecule has 0 spiro atoms. The second kappa shape index (κ2) is 3.77. The minimum atomic E-state index is -0.158. The second-order valence-corrected chi connectivity index (χ2v) is 6.03. The van der Waals surface area contributed by atoms with Crippen molar-refractivity contribution in [3.63, 3.8) is 0 Å². The number of benzene rings is 1. The molecule has 0 radical (unpaired) electrons. The van der Waals surface area contributed by atoms with Crippen molar-refractivity contribution in [3.8, 4) is 0 Å². The minimum Gasteiger partial charge on any atom is -0.306 e. The first-order valence-electron chi connectivity index (χ1n) is 5.24. The van der Waals surface area contributed by atoms with Crippen molar-refractivity contribution in [3.05, 3.63) is 34.2 Å². The Hall–Kier alpha value is -1.03. The fraction of sp³-hybridized carbons (Fsp3) is 0.417. The third kappa shape index (κ3) is 2.07. The third-order valence-corrected chi connectivity index (χ3v) is 4.50. The van der Waals surface area contributed by atoms with Crippen molar-refractivity contribution < 1.29 is 0 Å². The van der Waals surface area contributed by atoms with Gasteiger partial charge in [-0.15, -0.1) is 0 Å². The van der Waals surface area contributed by atoms with Crippen molar-refractivity contribution >= 4 is 27.0 Å². The summed E-state index contributed by atoms with van der Waals surface area (Å²) >= 11 is 3.70. The van der Waals surface area contributed by atoms with Gasteiger partial charge in [0.05, 0.1) is 11.0 Å². The lowest BCUT2D eigenvalue weighted by atomic mass is 9.88. The number of alkyl halides is 1. The van der Waals surface area contributed by atoms with E-state index in [1.54, 1.807) is 0 Å². The van der Waals surface area contributed by atoms with Crippen molar-refractivity contribution in [1.29, 1.82) is 0 Å². The molecule has 0 bridgehead atoms. The zero-order valence-electron chi connectivity index (χ0n) is 9.60. The van der Waals surface area contributed by atoms with Crippen LogP contribution in [0.1, 0.15) is 31.2 Å². The first-order chi connectivity index (χ1) is 7.38. The van der Waals surface area contributed by atoms with Gasteiger partial charge >= 0.3 is 5.69 Å². The Bertz CT molecular complexity index is 562. The Morgan fingerprint density at radius 1 is 1.19 bits per heavy atom. The van der Waals surface area contributed by atoms with E-state index in [0.717, 1.165) is 11.0 Å². The SMILES string of the molecule is CC(C)(C)C(Br)c1ccc2[nH]c(=O)[nH]c2c1. The number of H-pyrrole nitrogens is 2.